The highest BCUT2D eigenvalue weighted by Gasteiger charge is 2.27. The van der Waals surface area contributed by atoms with Crippen molar-refractivity contribution in [3.63, 3.8) is 0 Å². The van der Waals surface area contributed by atoms with Crippen LogP contribution in [-0.2, 0) is 25.7 Å². The SMILES string of the molecule is O=C(COC(=O)CN1C(=O)CSc2ccccc21)NCc1ccc2c(c1)OCO2. The lowest BCUT2D eigenvalue weighted by Gasteiger charge is -2.27. The molecule has 0 atom stereocenters. The first-order valence-corrected chi connectivity index (χ1v) is 9.92. The van der Waals surface area contributed by atoms with E-state index in [9.17, 15) is 14.4 Å². The van der Waals surface area contributed by atoms with Crippen LogP contribution in [0.1, 0.15) is 5.56 Å². The summed E-state index contributed by atoms with van der Waals surface area (Å²) in [6, 6.07) is 12.7. The molecule has 8 nitrogen and oxygen atoms in total. The fourth-order valence-electron chi connectivity index (χ4n) is 2.95. The highest BCUT2D eigenvalue weighted by Crippen LogP contribution is 2.35. The zero-order valence-electron chi connectivity index (χ0n) is 15.4. The number of hydrogen-bond donors (Lipinski definition) is 1. The molecule has 4 rings (SSSR count). The van der Waals surface area contributed by atoms with E-state index in [-0.39, 0.29) is 31.5 Å². The van der Waals surface area contributed by atoms with Gasteiger partial charge in [0.1, 0.15) is 6.54 Å². The molecule has 2 amide bonds. The van der Waals surface area contributed by atoms with Crippen LogP contribution in [0.15, 0.2) is 47.4 Å². The molecule has 0 aromatic heterocycles. The third-order valence-electron chi connectivity index (χ3n) is 4.39. The van der Waals surface area contributed by atoms with Gasteiger partial charge < -0.3 is 19.5 Å². The number of para-hydroxylation sites is 1. The van der Waals surface area contributed by atoms with Gasteiger partial charge in [-0.05, 0) is 29.8 Å². The molecular formula is C20H18N2O6S. The Balaban J connectivity index is 1.25. The van der Waals surface area contributed by atoms with Crippen LogP contribution >= 0.6 is 11.8 Å². The minimum absolute atomic E-state index is 0.169. The largest absolute Gasteiger partial charge is 0.454 e. The molecule has 9 heteroatoms. The Morgan fingerprint density at radius 2 is 1.97 bits per heavy atom. The van der Waals surface area contributed by atoms with Crippen LogP contribution in [0.25, 0.3) is 0 Å². The molecule has 2 aliphatic rings. The van der Waals surface area contributed by atoms with Crippen molar-refractivity contribution in [2.75, 3.05) is 30.6 Å². The zero-order valence-corrected chi connectivity index (χ0v) is 16.2. The number of ether oxygens (including phenoxy) is 3. The van der Waals surface area contributed by atoms with Crippen LogP contribution in [0.5, 0.6) is 11.5 Å². The van der Waals surface area contributed by atoms with Gasteiger partial charge in [0.2, 0.25) is 12.7 Å². The highest BCUT2D eigenvalue weighted by molar-refractivity contribution is 8.00. The molecule has 2 aromatic carbocycles. The Bertz CT molecular complexity index is 964. The Morgan fingerprint density at radius 1 is 1.14 bits per heavy atom. The highest BCUT2D eigenvalue weighted by atomic mass is 32.2. The Morgan fingerprint density at radius 3 is 2.86 bits per heavy atom. The summed E-state index contributed by atoms with van der Waals surface area (Å²) in [5, 5.41) is 2.68. The molecule has 29 heavy (non-hydrogen) atoms. The van der Waals surface area contributed by atoms with E-state index in [0.29, 0.717) is 17.2 Å². The average molecular weight is 414 g/mol. The van der Waals surface area contributed by atoms with E-state index >= 15 is 0 Å². The number of amides is 2. The van der Waals surface area contributed by atoms with Crippen molar-refractivity contribution < 1.29 is 28.6 Å². The standard InChI is InChI=1S/C20H18N2O6S/c23-18(21-8-13-5-6-15-16(7-13)28-12-27-15)10-26-20(25)9-22-14-3-1-2-4-17(14)29-11-19(22)24/h1-7H,8-12H2,(H,21,23). The number of carbonyl (C=O) groups is 3. The van der Waals surface area contributed by atoms with Crippen LogP contribution in [0.4, 0.5) is 5.69 Å². The summed E-state index contributed by atoms with van der Waals surface area (Å²) in [4.78, 5) is 38.6. The first-order chi connectivity index (χ1) is 14.1. The smallest absolute Gasteiger partial charge is 0.326 e. The van der Waals surface area contributed by atoms with Crippen molar-refractivity contribution in [2.45, 2.75) is 11.4 Å². The topological polar surface area (TPSA) is 94.2 Å². The number of esters is 1. The molecule has 0 fully saturated rings. The van der Waals surface area contributed by atoms with Gasteiger partial charge in [0.25, 0.3) is 5.91 Å². The van der Waals surface area contributed by atoms with Crippen molar-refractivity contribution >= 4 is 35.2 Å². The molecule has 0 saturated carbocycles. The number of anilines is 1. The molecule has 0 radical (unpaired) electrons. The summed E-state index contributed by atoms with van der Waals surface area (Å²) in [5.41, 5.74) is 1.51. The summed E-state index contributed by atoms with van der Waals surface area (Å²) in [5.74, 6) is 0.322. The molecule has 1 N–H and O–H groups in total. The van der Waals surface area contributed by atoms with E-state index < -0.39 is 18.5 Å². The van der Waals surface area contributed by atoms with Crippen molar-refractivity contribution in [1.29, 1.82) is 0 Å². The van der Waals surface area contributed by atoms with E-state index in [4.69, 9.17) is 14.2 Å². The maximum atomic E-state index is 12.2. The number of rotatable bonds is 6. The molecule has 0 spiro atoms. The van der Waals surface area contributed by atoms with E-state index in [1.807, 2.05) is 18.2 Å². The normalized spacial score (nSPS) is 14.3. The van der Waals surface area contributed by atoms with Gasteiger partial charge >= 0.3 is 5.97 Å². The van der Waals surface area contributed by atoms with Crippen molar-refractivity contribution in [2.24, 2.45) is 0 Å². The lowest BCUT2D eigenvalue weighted by Crippen LogP contribution is -2.40. The van der Waals surface area contributed by atoms with Crippen LogP contribution < -0.4 is 19.7 Å². The van der Waals surface area contributed by atoms with Gasteiger partial charge in [-0.25, -0.2) is 0 Å². The van der Waals surface area contributed by atoms with Crippen LogP contribution in [0.3, 0.4) is 0 Å². The van der Waals surface area contributed by atoms with Crippen LogP contribution in [-0.4, -0.2) is 43.5 Å². The molecular weight excluding hydrogens is 396 g/mol. The Kier molecular flexibility index (Phi) is 5.57. The number of nitrogens with zero attached hydrogens (tertiary/aromatic N) is 1. The first-order valence-electron chi connectivity index (χ1n) is 8.93. The second-order valence-electron chi connectivity index (χ2n) is 6.36. The number of nitrogens with one attached hydrogen (secondary N) is 1. The van der Waals surface area contributed by atoms with Crippen LogP contribution in [0, 0.1) is 0 Å². The number of fused-ring (bicyclic) bond motifs is 2. The lowest BCUT2D eigenvalue weighted by atomic mass is 10.2. The maximum Gasteiger partial charge on any atom is 0.326 e. The molecule has 2 aromatic rings. The second kappa shape index (κ2) is 8.44. The van der Waals surface area contributed by atoms with Gasteiger partial charge in [0.05, 0.1) is 11.4 Å². The summed E-state index contributed by atoms with van der Waals surface area (Å²) >= 11 is 1.43. The fourth-order valence-corrected chi connectivity index (χ4v) is 3.89. The number of benzene rings is 2. The minimum Gasteiger partial charge on any atom is -0.454 e. The fraction of sp³-hybridized carbons (Fsp3) is 0.250. The third kappa shape index (κ3) is 4.45. The number of hydrogen-bond acceptors (Lipinski definition) is 7. The van der Waals surface area contributed by atoms with E-state index in [1.54, 1.807) is 24.3 Å². The summed E-state index contributed by atoms with van der Waals surface area (Å²) in [6.45, 7) is -0.195. The second-order valence-corrected chi connectivity index (χ2v) is 7.38. The van der Waals surface area contributed by atoms with Gasteiger partial charge in [-0.15, -0.1) is 11.8 Å². The molecule has 0 saturated heterocycles. The van der Waals surface area contributed by atoms with Crippen molar-refractivity contribution in [3.05, 3.63) is 48.0 Å². The summed E-state index contributed by atoms with van der Waals surface area (Å²) in [7, 11) is 0. The van der Waals surface area contributed by atoms with Gasteiger partial charge in [0, 0.05) is 11.4 Å². The first kappa shape index (κ1) is 19.1. The number of thioether (sulfide) groups is 1. The van der Waals surface area contributed by atoms with Crippen molar-refractivity contribution in [3.8, 4) is 11.5 Å². The molecule has 0 unspecified atom stereocenters. The Hall–Kier alpha value is -3.20. The van der Waals surface area contributed by atoms with Gasteiger partial charge in [-0.1, -0.05) is 18.2 Å². The quantitative estimate of drug-likeness (QED) is 0.719. The van der Waals surface area contributed by atoms with E-state index in [2.05, 4.69) is 5.32 Å². The Labute approximate surface area is 171 Å². The predicted molar refractivity (Wildman–Crippen MR) is 105 cm³/mol. The van der Waals surface area contributed by atoms with Crippen LogP contribution in [0.2, 0.25) is 0 Å². The predicted octanol–water partition coefficient (Wildman–Crippen LogP) is 1.71. The monoisotopic (exact) mass is 414 g/mol. The maximum absolute atomic E-state index is 12.2. The van der Waals surface area contributed by atoms with Crippen molar-refractivity contribution in [1.82, 2.24) is 5.32 Å². The molecule has 2 aliphatic heterocycles. The number of carbonyl (C=O) groups excluding carboxylic acids is 3. The molecule has 0 bridgehead atoms. The summed E-state index contributed by atoms with van der Waals surface area (Å²) < 4.78 is 15.6. The third-order valence-corrected chi connectivity index (χ3v) is 5.43. The van der Waals surface area contributed by atoms with Gasteiger partial charge in [-0.2, -0.15) is 0 Å². The summed E-state index contributed by atoms with van der Waals surface area (Å²) in [6.07, 6.45) is 0. The molecule has 2 heterocycles. The van der Waals surface area contributed by atoms with E-state index in [1.165, 1.54) is 16.7 Å². The van der Waals surface area contributed by atoms with Gasteiger partial charge in [0.15, 0.2) is 18.1 Å². The van der Waals surface area contributed by atoms with Gasteiger partial charge in [-0.3, -0.25) is 19.3 Å². The zero-order chi connectivity index (χ0) is 20.2. The van der Waals surface area contributed by atoms with E-state index in [0.717, 1.165) is 10.5 Å². The lowest BCUT2D eigenvalue weighted by molar-refractivity contribution is -0.147. The molecule has 150 valence electrons. The average Bonchev–Trinajstić information content (AvgIpc) is 3.20. The minimum atomic E-state index is -0.640. The molecule has 0 aliphatic carbocycles.